The summed E-state index contributed by atoms with van der Waals surface area (Å²) in [5, 5.41) is 12.6. The van der Waals surface area contributed by atoms with E-state index in [0.29, 0.717) is 13.1 Å². The Balaban J connectivity index is 2.25. The van der Waals surface area contributed by atoms with Crippen molar-refractivity contribution in [3.8, 4) is 0 Å². The van der Waals surface area contributed by atoms with Gasteiger partial charge in [-0.05, 0) is 17.7 Å². The summed E-state index contributed by atoms with van der Waals surface area (Å²) in [6.45, 7) is 0.678. The molecule has 0 aliphatic carbocycles. The van der Waals surface area contributed by atoms with Crippen molar-refractivity contribution in [3.63, 3.8) is 0 Å². The summed E-state index contributed by atoms with van der Waals surface area (Å²) in [6, 6.07) is 2.81. The van der Waals surface area contributed by atoms with E-state index in [0.717, 1.165) is 12.1 Å². The van der Waals surface area contributed by atoms with Crippen LogP contribution < -0.4 is 5.32 Å². The monoisotopic (exact) mass is 249 g/mol. The van der Waals surface area contributed by atoms with Gasteiger partial charge in [0.05, 0.1) is 11.2 Å². The Hall–Kier alpha value is -1.14. The standard InChI is InChI=1S/C11H11F4NO/c12-9-2-1-7(3-8(9)11(13,14)15)4-10(17)5-16-6-10/h1-3,16-17H,4-6H2. The number of β-amino-alcohol motifs (C(OH)–C–C–N with tert-alkyl or cyclic N) is 1. The molecule has 1 heterocycles. The summed E-state index contributed by atoms with van der Waals surface area (Å²) in [4.78, 5) is 0. The quantitative estimate of drug-likeness (QED) is 0.782. The first kappa shape index (κ1) is 12.3. The number of benzene rings is 1. The molecule has 0 amide bonds. The molecule has 1 aliphatic heterocycles. The average molecular weight is 249 g/mol. The molecule has 6 heteroatoms. The number of alkyl halides is 3. The molecule has 1 aromatic rings. The van der Waals surface area contributed by atoms with Crippen LogP contribution in [0.1, 0.15) is 11.1 Å². The van der Waals surface area contributed by atoms with E-state index in [1.165, 1.54) is 6.07 Å². The molecule has 1 fully saturated rings. The van der Waals surface area contributed by atoms with Crippen LogP contribution in [0.5, 0.6) is 0 Å². The first-order chi connectivity index (χ1) is 7.80. The second-order valence-electron chi connectivity index (χ2n) is 4.32. The minimum atomic E-state index is -4.71. The molecule has 2 nitrogen and oxygen atoms in total. The lowest BCUT2D eigenvalue weighted by Gasteiger charge is -2.37. The van der Waals surface area contributed by atoms with Crippen LogP contribution in [0.25, 0.3) is 0 Å². The molecule has 0 atom stereocenters. The van der Waals surface area contributed by atoms with Crippen molar-refractivity contribution in [3.05, 3.63) is 35.1 Å². The van der Waals surface area contributed by atoms with Crippen LogP contribution in [0.15, 0.2) is 18.2 Å². The SMILES string of the molecule is OC1(Cc2ccc(F)c(C(F)(F)F)c2)CNC1. The highest BCUT2D eigenvalue weighted by molar-refractivity contribution is 5.29. The lowest BCUT2D eigenvalue weighted by molar-refractivity contribution is -0.140. The van der Waals surface area contributed by atoms with Gasteiger partial charge in [0, 0.05) is 19.5 Å². The molecule has 0 radical (unpaired) electrons. The Kier molecular flexibility index (Phi) is 2.87. The molecule has 0 bridgehead atoms. The fourth-order valence-electron chi connectivity index (χ4n) is 1.82. The molecular formula is C11H11F4NO. The number of hydrogen-bond donors (Lipinski definition) is 2. The van der Waals surface area contributed by atoms with Crippen LogP contribution in [0.2, 0.25) is 0 Å². The molecule has 1 saturated heterocycles. The molecule has 2 N–H and O–H groups in total. The number of halogens is 4. The molecule has 1 aromatic carbocycles. The van der Waals surface area contributed by atoms with Gasteiger partial charge >= 0.3 is 6.18 Å². The lowest BCUT2D eigenvalue weighted by Crippen LogP contribution is -2.60. The zero-order chi connectivity index (χ0) is 12.7. The van der Waals surface area contributed by atoms with Crippen LogP contribution in [-0.4, -0.2) is 23.8 Å². The van der Waals surface area contributed by atoms with Crippen LogP contribution in [-0.2, 0) is 12.6 Å². The number of nitrogens with one attached hydrogen (secondary N) is 1. The van der Waals surface area contributed by atoms with Gasteiger partial charge in [-0.15, -0.1) is 0 Å². The van der Waals surface area contributed by atoms with Crippen molar-refractivity contribution in [2.45, 2.75) is 18.2 Å². The van der Waals surface area contributed by atoms with E-state index in [2.05, 4.69) is 5.32 Å². The Morgan fingerprint density at radius 2 is 1.94 bits per heavy atom. The minimum Gasteiger partial charge on any atom is -0.387 e. The van der Waals surface area contributed by atoms with E-state index in [1.54, 1.807) is 0 Å². The molecule has 0 aromatic heterocycles. The van der Waals surface area contributed by atoms with E-state index >= 15 is 0 Å². The maximum Gasteiger partial charge on any atom is 0.419 e. The van der Waals surface area contributed by atoms with Gasteiger partial charge in [0.15, 0.2) is 0 Å². The smallest absolute Gasteiger partial charge is 0.387 e. The molecule has 94 valence electrons. The first-order valence-corrected chi connectivity index (χ1v) is 5.09. The highest BCUT2D eigenvalue weighted by atomic mass is 19.4. The van der Waals surface area contributed by atoms with Gasteiger partial charge in [-0.25, -0.2) is 4.39 Å². The van der Waals surface area contributed by atoms with Crippen molar-refractivity contribution in [2.75, 3.05) is 13.1 Å². The summed E-state index contributed by atoms with van der Waals surface area (Å²) < 4.78 is 50.3. The number of rotatable bonds is 2. The summed E-state index contributed by atoms with van der Waals surface area (Å²) in [7, 11) is 0. The normalized spacial score (nSPS) is 18.9. The summed E-state index contributed by atoms with van der Waals surface area (Å²) in [5.74, 6) is -1.29. The van der Waals surface area contributed by atoms with Crippen molar-refractivity contribution in [1.82, 2.24) is 5.32 Å². The molecular weight excluding hydrogens is 238 g/mol. The molecule has 0 unspecified atom stereocenters. The lowest BCUT2D eigenvalue weighted by atomic mass is 9.88. The molecule has 0 spiro atoms. The Morgan fingerprint density at radius 1 is 1.29 bits per heavy atom. The third kappa shape index (κ3) is 2.58. The maximum atomic E-state index is 13.0. The van der Waals surface area contributed by atoms with E-state index in [-0.39, 0.29) is 12.0 Å². The third-order valence-electron chi connectivity index (χ3n) is 2.78. The molecule has 2 rings (SSSR count). The van der Waals surface area contributed by atoms with E-state index in [1.807, 2.05) is 0 Å². The highest BCUT2D eigenvalue weighted by Gasteiger charge is 2.37. The van der Waals surface area contributed by atoms with Crippen LogP contribution >= 0.6 is 0 Å². The van der Waals surface area contributed by atoms with Crippen LogP contribution in [0.3, 0.4) is 0 Å². The van der Waals surface area contributed by atoms with Gasteiger partial charge in [0.1, 0.15) is 5.82 Å². The second kappa shape index (κ2) is 3.96. The van der Waals surface area contributed by atoms with Crippen molar-refractivity contribution >= 4 is 0 Å². The van der Waals surface area contributed by atoms with Gasteiger partial charge in [0.2, 0.25) is 0 Å². The van der Waals surface area contributed by atoms with Crippen molar-refractivity contribution in [1.29, 1.82) is 0 Å². The minimum absolute atomic E-state index is 0.0867. The zero-order valence-corrected chi connectivity index (χ0v) is 8.81. The highest BCUT2D eigenvalue weighted by Crippen LogP contribution is 2.32. The van der Waals surface area contributed by atoms with Gasteiger partial charge in [0.25, 0.3) is 0 Å². The van der Waals surface area contributed by atoms with Gasteiger partial charge in [-0.1, -0.05) is 6.07 Å². The fourth-order valence-corrected chi connectivity index (χ4v) is 1.82. The average Bonchev–Trinajstić information content (AvgIpc) is 2.17. The Morgan fingerprint density at radius 3 is 2.41 bits per heavy atom. The Bertz CT molecular complexity index is 426. The largest absolute Gasteiger partial charge is 0.419 e. The van der Waals surface area contributed by atoms with Gasteiger partial charge in [-0.2, -0.15) is 13.2 Å². The maximum absolute atomic E-state index is 13.0. The fraction of sp³-hybridized carbons (Fsp3) is 0.455. The molecule has 17 heavy (non-hydrogen) atoms. The molecule has 1 aliphatic rings. The van der Waals surface area contributed by atoms with E-state index in [9.17, 15) is 22.7 Å². The first-order valence-electron chi connectivity index (χ1n) is 5.09. The number of aliphatic hydroxyl groups is 1. The predicted molar refractivity (Wildman–Crippen MR) is 52.9 cm³/mol. The van der Waals surface area contributed by atoms with Crippen molar-refractivity contribution in [2.24, 2.45) is 0 Å². The Labute approximate surface area is 95.3 Å². The third-order valence-corrected chi connectivity index (χ3v) is 2.78. The second-order valence-corrected chi connectivity index (χ2v) is 4.32. The number of hydrogen-bond acceptors (Lipinski definition) is 2. The van der Waals surface area contributed by atoms with Crippen molar-refractivity contribution < 1.29 is 22.7 Å². The summed E-state index contributed by atoms with van der Waals surface area (Å²) in [5.41, 5.74) is -2.02. The summed E-state index contributed by atoms with van der Waals surface area (Å²) >= 11 is 0. The van der Waals surface area contributed by atoms with E-state index in [4.69, 9.17) is 0 Å². The van der Waals surface area contributed by atoms with Gasteiger partial charge < -0.3 is 10.4 Å². The predicted octanol–water partition coefficient (Wildman–Crippen LogP) is 1.72. The van der Waals surface area contributed by atoms with Gasteiger partial charge in [-0.3, -0.25) is 0 Å². The summed E-state index contributed by atoms with van der Waals surface area (Å²) in [6.07, 6.45) is -4.62. The zero-order valence-electron chi connectivity index (χ0n) is 8.81. The topological polar surface area (TPSA) is 32.3 Å². The van der Waals surface area contributed by atoms with Crippen LogP contribution in [0, 0.1) is 5.82 Å². The van der Waals surface area contributed by atoms with Crippen LogP contribution in [0.4, 0.5) is 17.6 Å². The van der Waals surface area contributed by atoms with E-state index < -0.39 is 23.2 Å². The molecule has 0 saturated carbocycles.